The standard InChI is InChI=1S/C14H18N2O3S/c1-3-19-14(17)12-7-11-9(2)15-16(13(11)20-12)10-5-4-6-18-8-10/h7,10H,3-6,8H2,1-2H3. The highest BCUT2D eigenvalue weighted by atomic mass is 32.1. The minimum atomic E-state index is -0.250. The van der Waals surface area contributed by atoms with Crippen molar-refractivity contribution in [1.82, 2.24) is 9.78 Å². The van der Waals surface area contributed by atoms with Gasteiger partial charge in [-0.25, -0.2) is 9.48 Å². The molecule has 6 heteroatoms. The molecule has 1 atom stereocenters. The average Bonchev–Trinajstić information content (AvgIpc) is 3.01. The van der Waals surface area contributed by atoms with Crippen LogP contribution in [0.5, 0.6) is 0 Å². The van der Waals surface area contributed by atoms with Crippen LogP contribution in [0.1, 0.15) is 41.2 Å². The lowest BCUT2D eigenvalue weighted by atomic mass is 10.1. The molecule has 2 aromatic rings. The summed E-state index contributed by atoms with van der Waals surface area (Å²) >= 11 is 1.46. The Balaban J connectivity index is 1.98. The van der Waals surface area contributed by atoms with Crippen molar-refractivity contribution >= 4 is 27.5 Å². The highest BCUT2D eigenvalue weighted by molar-refractivity contribution is 7.20. The molecular weight excluding hydrogens is 276 g/mol. The van der Waals surface area contributed by atoms with Crippen LogP contribution in [0.15, 0.2) is 6.07 Å². The predicted molar refractivity (Wildman–Crippen MR) is 77.4 cm³/mol. The van der Waals surface area contributed by atoms with E-state index in [4.69, 9.17) is 9.47 Å². The maximum atomic E-state index is 11.8. The molecule has 2 aromatic heterocycles. The summed E-state index contributed by atoms with van der Waals surface area (Å²) in [6.07, 6.45) is 2.13. The van der Waals surface area contributed by atoms with Crippen molar-refractivity contribution < 1.29 is 14.3 Å². The topological polar surface area (TPSA) is 53.3 Å². The molecule has 1 aliphatic heterocycles. The van der Waals surface area contributed by atoms with Gasteiger partial charge in [0.25, 0.3) is 0 Å². The normalized spacial score (nSPS) is 19.4. The molecule has 1 saturated heterocycles. The zero-order valence-electron chi connectivity index (χ0n) is 11.7. The van der Waals surface area contributed by atoms with Crippen molar-refractivity contribution in [1.29, 1.82) is 0 Å². The third-order valence-corrected chi connectivity index (χ3v) is 4.63. The van der Waals surface area contributed by atoms with E-state index >= 15 is 0 Å². The van der Waals surface area contributed by atoms with Crippen molar-refractivity contribution in [3.05, 3.63) is 16.6 Å². The van der Waals surface area contributed by atoms with Crippen LogP contribution in [0.25, 0.3) is 10.2 Å². The molecule has 3 heterocycles. The number of hydrogen-bond donors (Lipinski definition) is 0. The summed E-state index contributed by atoms with van der Waals surface area (Å²) in [5.41, 5.74) is 0.956. The lowest BCUT2D eigenvalue weighted by molar-refractivity contribution is 0.0532. The lowest BCUT2D eigenvalue weighted by Gasteiger charge is -2.22. The number of carbonyl (C=O) groups is 1. The van der Waals surface area contributed by atoms with Gasteiger partial charge in [0.15, 0.2) is 0 Å². The van der Waals surface area contributed by atoms with Crippen molar-refractivity contribution in [2.24, 2.45) is 0 Å². The first-order valence-corrected chi connectivity index (χ1v) is 7.76. The van der Waals surface area contributed by atoms with E-state index in [-0.39, 0.29) is 12.0 Å². The molecule has 1 fully saturated rings. The van der Waals surface area contributed by atoms with Gasteiger partial charge in [0, 0.05) is 12.0 Å². The number of fused-ring (bicyclic) bond motifs is 1. The molecule has 0 aromatic carbocycles. The number of rotatable bonds is 3. The smallest absolute Gasteiger partial charge is 0.348 e. The number of nitrogens with zero attached hydrogens (tertiary/aromatic N) is 2. The van der Waals surface area contributed by atoms with Gasteiger partial charge in [-0.1, -0.05) is 0 Å². The van der Waals surface area contributed by atoms with Gasteiger partial charge in [-0.05, 0) is 32.8 Å². The Bertz CT molecular complexity index is 626. The average molecular weight is 294 g/mol. The van der Waals surface area contributed by atoms with E-state index in [2.05, 4.69) is 5.10 Å². The summed E-state index contributed by atoms with van der Waals surface area (Å²) in [7, 11) is 0. The minimum absolute atomic E-state index is 0.250. The molecule has 0 saturated carbocycles. The molecule has 108 valence electrons. The quantitative estimate of drug-likeness (QED) is 0.817. The predicted octanol–water partition coefficient (Wildman–Crippen LogP) is 2.93. The van der Waals surface area contributed by atoms with Crippen molar-refractivity contribution in [2.75, 3.05) is 19.8 Å². The zero-order chi connectivity index (χ0) is 14.1. The number of aryl methyl sites for hydroxylation is 1. The van der Waals surface area contributed by atoms with Crippen molar-refractivity contribution in [3.8, 4) is 0 Å². The first kappa shape index (κ1) is 13.6. The molecule has 0 amide bonds. The molecule has 0 aliphatic carbocycles. The molecule has 0 bridgehead atoms. The van der Waals surface area contributed by atoms with Crippen LogP contribution >= 0.6 is 11.3 Å². The molecule has 3 rings (SSSR count). The second-order valence-corrected chi connectivity index (χ2v) is 5.98. The number of ether oxygens (including phenoxy) is 2. The van der Waals surface area contributed by atoms with E-state index in [1.165, 1.54) is 11.3 Å². The van der Waals surface area contributed by atoms with Gasteiger partial charge in [0.1, 0.15) is 9.71 Å². The number of thiophene rings is 1. The largest absolute Gasteiger partial charge is 0.462 e. The van der Waals surface area contributed by atoms with Gasteiger partial charge < -0.3 is 9.47 Å². The first-order valence-electron chi connectivity index (χ1n) is 6.94. The molecular formula is C14H18N2O3S. The number of carbonyl (C=O) groups excluding carboxylic acids is 1. The third-order valence-electron chi connectivity index (χ3n) is 3.53. The molecule has 0 spiro atoms. The second-order valence-electron chi connectivity index (χ2n) is 4.95. The Morgan fingerprint density at radius 2 is 2.50 bits per heavy atom. The molecule has 0 radical (unpaired) electrons. The molecule has 20 heavy (non-hydrogen) atoms. The van der Waals surface area contributed by atoms with Gasteiger partial charge in [-0.2, -0.15) is 5.10 Å². The van der Waals surface area contributed by atoms with E-state index in [0.717, 1.165) is 35.4 Å². The highest BCUT2D eigenvalue weighted by Gasteiger charge is 2.23. The van der Waals surface area contributed by atoms with E-state index in [1.807, 2.05) is 24.6 Å². The van der Waals surface area contributed by atoms with E-state index in [9.17, 15) is 4.79 Å². The van der Waals surface area contributed by atoms with Crippen LogP contribution in [0, 0.1) is 6.92 Å². The summed E-state index contributed by atoms with van der Waals surface area (Å²) in [5.74, 6) is -0.250. The minimum Gasteiger partial charge on any atom is -0.462 e. The fourth-order valence-corrected chi connectivity index (χ4v) is 3.67. The van der Waals surface area contributed by atoms with Crippen molar-refractivity contribution in [2.45, 2.75) is 32.7 Å². The summed E-state index contributed by atoms with van der Waals surface area (Å²) in [5, 5.41) is 5.66. The fourth-order valence-electron chi connectivity index (χ4n) is 2.54. The Morgan fingerprint density at radius 3 is 3.20 bits per heavy atom. The Kier molecular flexibility index (Phi) is 3.76. The second kappa shape index (κ2) is 5.54. The summed E-state index contributed by atoms with van der Waals surface area (Å²) in [4.78, 5) is 13.5. The van der Waals surface area contributed by atoms with Gasteiger partial charge in [-0.3, -0.25) is 0 Å². The molecule has 5 nitrogen and oxygen atoms in total. The number of esters is 1. The number of aromatic nitrogens is 2. The number of hydrogen-bond acceptors (Lipinski definition) is 5. The Morgan fingerprint density at radius 1 is 1.65 bits per heavy atom. The van der Waals surface area contributed by atoms with Gasteiger partial charge in [0.2, 0.25) is 0 Å². The van der Waals surface area contributed by atoms with E-state index in [1.54, 1.807) is 0 Å². The zero-order valence-corrected chi connectivity index (χ0v) is 12.5. The van der Waals surface area contributed by atoms with E-state index in [0.29, 0.717) is 18.1 Å². The third kappa shape index (κ3) is 2.33. The monoisotopic (exact) mass is 294 g/mol. The van der Waals surface area contributed by atoms with Crippen LogP contribution in [-0.2, 0) is 9.47 Å². The SMILES string of the molecule is CCOC(=O)c1cc2c(C)nn(C3CCCOC3)c2s1. The molecule has 1 aliphatic rings. The lowest BCUT2D eigenvalue weighted by Crippen LogP contribution is -2.21. The van der Waals surface area contributed by atoms with Crippen LogP contribution in [0.4, 0.5) is 0 Å². The molecule has 0 N–H and O–H groups in total. The molecule has 1 unspecified atom stereocenters. The maximum absolute atomic E-state index is 11.8. The Labute approximate surface area is 121 Å². The van der Waals surface area contributed by atoms with E-state index < -0.39 is 0 Å². The van der Waals surface area contributed by atoms with Gasteiger partial charge in [-0.15, -0.1) is 11.3 Å². The van der Waals surface area contributed by atoms with Crippen LogP contribution < -0.4 is 0 Å². The van der Waals surface area contributed by atoms with Crippen LogP contribution in [0.2, 0.25) is 0 Å². The van der Waals surface area contributed by atoms with Gasteiger partial charge >= 0.3 is 5.97 Å². The maximum Gasteiger partial charge on any atom is 0.348 e. The summed E-state index contributed by atoms with van der Waals surface area (Å²) in [6, 6.07) is 2.16. The summed E-state index contributed by atoms with van der Waals surface area (Å²) < 4.78 is 12.6. The fraction of sp³-hybridized carbons (Fsp3) is 0.571. The van der Waals surface area contributed by atoms with Gasteiger partial charge in [0.05, 0.1) is 24.9 Å². The Hall–Kier alpha value is -1.40. The highest BCUT2D eigenvalue weighted by Crippen LogP contribution is 2.32. The van der Waals surface area contributed by atoms with Crippen LogP contribution in [0.3, 0.4) is 0 Å². The van der Waals surface area contributed by atoms with Crippen molar-refractivity contribution in [3.63, 3.8) is 0 Å². The van der Waals surface area contributed by atoms with Crippen LogP contribution in [-0.4, -0.2) is 35.6 Å². The summed E-state index contributed by atoms with van der Waals surface area (Å²) in [6.45, 7) is 5.72. The first-order chi connectivity index (χ1) is 9.70.